The lowest BCUT2D eigenvalue weighted by molar-refractivity contribution is -0.147. The minimum absolute atomic E-state index is 0.304. The van der Waals surface area contributed by atoms with Gasteiger partial charge in [0.2, 0.25) is 11.1 Å². The number of hydrogen-bond donors (Lipinski definition) is 1. The highest BCUT2D eigenvalue weighted by molar-refractivity contribution is 7.99. The largest absolute Gasteiger partial charge is 0.465 e. The summed E-state index contributed by atoms with van der Waals surface area (Å²) in [5, 5.41) is 9.10. The summed E-state index contributed by atoms with van der Waals surface area (Å²) in [5.41, 5.74) is 1.45. The smallest absolute Gasteiger partial charge is 0.317 e. The van der Waals surface area contributed by atoms with Crippen molar-refractivity contribution in [3.8, 4) is 0 Å². The minimum Gasteiger partial charge on any atom is -0.465 e. The Balaban J connectivity index is 2.01. The molecule has 2 heterocycles. The van der Waals surface area contributed by atoms with E-state index in [9.17, 15) is 4.79 Å². The maximum absolute atomic E-state index is 12.7. The van der Waals surface area contributed by atoms with E-state index in [0.717, 1.165) is 24.2 Å². The molecule has 0 amide bonds. The van der Waals surface area contributed by atoms with Gasteiger partial charge in [-0.1, -0.05) is 55.4 Å². The molecule has 0 aliphatic carbocycles. The Morgan fingerprint density at radius 2 is 2.11 bits per heavy atom. The molecule has 0 saturated heterocycles. The first-order valence-electron chi connectivity index (χ1n) is 9.02. The molecule has 8 heteroatoms. The molecule has 0 spiro atoms. The number of benzene rings is 1. The number of anilines is 1. The van der Waals surface area contributed by atoms with E-state index in [4.69, 9.17) is 16.3 Å². The normalized spacial score (nSPS) is 18.7. The second kappa shape index (κ2) is 8.80. The summed E-state index contributed by atoms with van der Waals surface area (Å²) >= 11 is 7.65. The standard InChI is InChI=1S/C19H23ClN4O2S/c1-4-6-11-27-19-22-18-21-12(3)15(17(25)26-5-2)16(24(18)23-19)13-7-9-14(20)10-8-13/h7-10,15-16H,3-6,11H2,1-2H3,(H,21,22,23)/t15-,16+/m1/s1. The van der Waals surface area contributed by atoms with Crippen LogP contribution in [0.5, 0.6) is 0 Å². The SMILES string of the molecule is C=C1Nc2nc(SCCCC)nn2[C@@H](c2ccc(Cl)cc2)[C@@H]1C(=O)OCC. The van der Waals surface area contributed by atoms with E-state index in [1.807, 2.05) is 12.1 Å². The number of fused-ring (bicyclic) bond motifs is 1. The maximum Gasteiger partial charge on any atom is 0.317 e. The van der Waals surface area contributed by atoms with Crippen LogP contribution in [0.2, 0.25) is 5.02 Å². The minimum atomic E-state index is -0.603. The van der Waals surface area contributed by atoms with Crippen LogP contribution in [0.15, 0.2) is 41.7 Å². The molecule has 0 radical (unpaired) electrons. The van der Waals surface area contributed by atoms with Crippen molar-refractivity contribution in [3.63, 3.8) is 0 Å². The van der Waals surface area contributed by atoms with Crippen molar-refractivity contribution in [2.24, 2.45) is 5.92 Å². The van der Waals surface area contributed by atoms with Crippen LogP contribution in [0.25, 0.3) is 0 Å². The number of hydrogen-bond acceptors (Lipinski definition) is 6. The first-order chi connectivity index (χ1) is 13.0. The lowest BCUT2D eigenvalue weighted by atomic mass is 9.89. The van der Waals surface area contributed by atoms with Gasteiger partial charge >= 0.3 is 5.97 Å². The molecule has 3 rings (SSSR count). The Kier molecular flexibility index (Phi) is 6.44. The van der Waals surface area contributed by atoms with Crippen LogP contribution in [0.1, 0.15) is 38.3 Å². The second-order valence-electron chi connectivity index (χ2n) is 6.24. The van der Waals surface area contributed by atoms with Gasteiger partial charge in [0, 0.05) is 16.5 Å². The Morgan fingerprint density at radius 1 is 1.37 bits per heavy atom. The summed E-state index contributed by atoms with van der Waals surface area (Å²) in [7, 11) is 0. The summed E-state index contributed by atoms with van der Waals surface area (Å²) in [6, 6.07) is 7.01. The third kappa shape index (κ3) is 4.30. The van der Waals surface area contributed by atoms with Gasteiger partial charge in [-0.15, -0.1) is 5.10 Å². The molecule has 1 aliphatic rings. The van der Waals surface area contributed by atoms with Crippen molar-refractivity contribution in [2.45, 2.75) is 37.9 Å². The van der Waals surface area contributed by atoms with Crippen LogP contribution >= 0.6 is 23.4 Å². The zero-order valence-electron chi connectivity index (χ0n) is 15.4. The van der Waals surface area contributed by atoms with E-state index in [0.29, 0.717) is 28.4 Å². The van der Waals surface area contributed by atoms with E-state index in [-0.39, 0.29) is 5.97 Å². The number of esters is 1. The molecule has 1 N–H and O–H groups in total. The molecule has 0 bridgehead atoms. The molecular weight excluding hydrogens is 384 g/mol. The fourth-order valence-electron chi connectivity index (χ4n) is 3.00. The van der Waals surface area contributed by atoms with Crippen LogP contribution in [0.4, 0.5) is 5.95 Å². The van der Waals surface area contributed by atoms with E-state index >= 15 is 0 Å². The molecule has 0 fully saturated rings. The highest BCUT2D eigenvalue weighted by Gasteiger charge is 2.41. The van der Waals surface area contributed by atoms with Gasteiger partial charge in [-0.05, 0) is 31.0 Å². The molecule has 2 atom stereocenters. The zero-order valence-corrected chi connectivity index (χ0v) is 17.0. The Morgan fingerprint density at radius 3 is 2.78 bits per heavy atom. The number of ether oxygens (including phenoxy) is 1. The summed E-state index contributed by atoms with van der Waals surface area (Å²) < 4.78 is 7.05. The van der Waals surface area contributed by atoms with Crippen molar-refractivity contribution in [3.05, 3.63) is 47.1 Å². The molecule has 0 saturated carbocycles. The maximum atomic E-state index is 12.7. The first kappa shape index (κ1) is 19.8. The van der Waals surface area contributed by atoms with Gasteiger partial charge in [0.15, 0.2) is 0 Å². The Labute approximate surface area is 168 Å². The lowest BCUT2D eigenvalue weighted by Gasteiger charge is -2.33. The summed E-state index contributed by atoms with van der Waals surface area (Å²) in [6.45, 7) is 8.29. The summed E-state index contributed by atoms with van der Waals surface area (Å²) in [5.74, 6) is 0.595. The van der Waals surface area contributed by atoms with Gasteiger partial charge < -0.3 is 10.1 Å². The summed E-state index contributed by atoms with van der Waals surface area (Å²) in [6.07, 6.45) is 2.22. The molecule has 6 nitrogen and oxygen atoms in total. The topological polar surface area (TPSA) is 69.0 Å². The number of carbonyl (C=O) groups is 1. The van der Waals surface area contributed by atoms with Gasteiger partial charge in [-0.25, -0.2) is 4.68 Å². The Bertz CT molecular complexity index is 822. The van der Waals surface area contributed by atoms with Crippen molar-refractivity contribution in [1.29, 1.82) is 0 Å². The fourth-order valence-corrected chi connectivity index (χ4v) is 4.04. The van der Waals surface area contributed by atoms with E-state index in [2.05, 4.69) is 28.9 Å². The third-order valence-corrected chi connectivity index (χ3v) is 5.50. The quantitative estimate of drug-likeness (QED) is 0.414. The van der Waals surface area contributed by atoms with E-state index in [1.165, 1.54) is 0 Å². The molecule has 0 unspecified atom stereocenters. The van der Waals surface area contributed by atoms with Crippen LogP contribution in [0, 0.1) is 5.92 Å². The predicted molar refractivity (Wildman–Crippen MR) is 108 cm³/mol. The van der Waals surface area contributed by atoms with Crippen LogP contribution < -0.4 is 5.32 Å². The van der Waals surface area contributed by atoms with Gasteiger partial charge in [-0.3, -0.25) is 4.79 Å². The van der Waals surface area contributed by atoms with Gasteiger partial charge in [0.25, 0.3) is 0 Å². The zero-order chi connectivity index (χ0) is 19.4. The third-order valence-electron chi connectivity index (χ3n) is 4.32. The van der Waals surface area contributed by atoms with Crippen molar-refractivity contribution in [1.82, 2.24) is 14.8 Å². The number of nitrogens with zero attached hydrogens (tertiary/aromatic N) is 3. The van der Waals surface area contributed by atoms with Gasteiger partial charge in [0.05, 0.1) is 12.6 Å². The average Bonchev–Trinajstić information content (AvgIpc) is 3.04. The van der Waals surface area contributed by atoms with Crippen LogP contribution in [0.3, 0.4) is 0 Å². The number of aromatic nitrogens is 3. The fraction of sp³-hybridized carbons (Fsp3) is 0.421. The predicted octanol–water partition coefficient (Wildman–Crippen LogP) is 4.53. The van der Waals surface area contributed by atoms with E-state index in [1.54, 1.807) is 35.5 Å². The molecule has 27 heavy (non-hydrogen) atoms. The highest BCUT2D eigenvalue weighted by atomic mass is 35.5. The van der Waals surface area contributed by atoms with Gasteiger partial charge in [-0.2, -0.15) is 4.98 Å². The molecule has 1 aliphatic heterocycles. The number of halogens is 1. The van der Waals surface area contributed by atoms with Gasteiger partial charge in [0.1, 0.15) is 5.92 Å². The Hall–Kier alpha value is -1.99. The first-order valence-corrected chi connectivity index (χ1v) is 10.4. The molecule has 144 valence electrons. The number of carbonyl (C=O) groups excluding carboxylic acids is 1. The molecule has 2 aromatic rings. The van der Waals surface area contributed by atoms with Crippen LogP contribution in [-0.2, 0) is 9.53 Å². The van der Waals surface area contributed by atoms with Crippen molar-refractivity contribution < 1.29 is 9.53 Å². The molecule has 1 aromatic heterocycles. The number of thioether (sulfide) groups is 1. The molecular formula is C19H23ClN4O2S. The average molecular weight is 407 g/mol. The van der Waals surface area contributed by atoms with Crippen molar-refractivity contribution in [2.75, 3.05) is 17.7 Å². The molecule has 1 aromatic carbocycles. The lowest BCUT2D eigenvalue weighted by Crippen LogP contribution is -2.37. The number of rotatable bonds is 7. The second-order valence-corrected chi connectivity index (χ2v) is 7.74. The monoisotopic (exact) mass is 406 g/mol. The number of nitrogens with one attached hydrogen (secondary N) is 1. The summed E-state index contributed by atoms with van der Waals surface area (Å²) in [4.78, 5) is 17.2. The van der Waals surface area contributed by atoms with Crippen molar-refractivity contribution >= 4 is 35.3 Å². The van der Waals surface area contributed by atoms with E-state index < -0.39 is 12.0 Å². The highest BCUT2D eigenvalue weighted by Crippen LogP contribution is 2.39. The number of unbranched alkanes of at least 4 members (excludes halogenated alkanes) is 1. The van der Waals surface area contributed by atoms with Crippen LogP contribution in [-0.4, -0.2) is 33.1 Å².